The molecular weight excluding hydrogens is 119 g/mol. The maximum absolute atomic E-state index is 9.85. The molecule has 1 rings (SSSR count). The van der Waals surface area contributed by atoms with Crippen molar-refractivity contribution >= 4 is 6.29 Å². The Morgan fingerprint density at radius 3 is 2.30 bits per heavy atom. The molecule has 0 radical (unpaired) electrons. The van der Waals surface area contributed by atoms with Gasteiger partial charge in [-0.05, 0) is 0 Å². The Labute approximate surface area is 72.6 Å². The molecule has 0 bridgehead atoms. The fourth-order valence-electron chi connectivity index (χ4n) is 0.679. The van der Waals surface area contributed by atoms with Gasteiger partial charge < -0.3 is 4.79 Å². The Morgan fingerprint density at radius 1 is 1.20 bits per heavy atom. The summed E-state index contributed by atoms with van der Waals surface area (Å²) in [5.74, 6) is 0. The summed E-state index contributed by atoms with van der Waals surface area (Å²) >= 11 is 0. The Balaban J connectivity index is 0.000000810. The van der Waals surface area contributed by atoms with E-state index in [2.05, 4.69) is 0 Å². The third-order valence-corrected chi connectivity index (χ3v) is 1.12. The van der Waals surface area contributed by atoms with Crippen molar-refractivity contribution < 1.29 is 23.7 Å². The molecule has 0 amide bonds. The Hall–Kier alpha value is -0.513. The van der Waals surface area contributed by atoms with Crippen molar-refractivity contribution in [3.8, 4) is 0 Å². The molecule has 0 unspecified atom stereocenters. The summed E-state index contributed by atoms with van der Waals surface area (Å²) < 4.78 is 0. The van der Waals surface area contributed by atoms with Crippen LogP contribution in [0.3, 0.4) is 0 Å². The van der Waals surface area contributed by atoms with Crippen molar-refractivity contribution in [2.45, 2.75) is 6.42 Å². The maximum atomic E-state index is 9.85. The van der Waals surface area contributed by atoms with Crippen molar-refractivity contribution in [3.63, 3.8) is 0 Å². The van der Waals surface area contributed by atoms with Gasteiger partial charge in [0.1, 0.15) is 0 Å². The predicted octanol–water partition coefficient (Wildman–Crippen LogP) is -1.66. The van der Waals surface area contributed by atoms with E-state index in [9.17, 15) is 4.79 Å². The molecular formula is C8H7LiO. The van der Waals surface area contributed by atoms with Crippen LogP contribution in [-0.4, -0.2) is 6.29 Å². The zero-order valence-corrected chi connectivity index (χ0v) is 6.00. The smallest absolute Gasteiger partial charge is 0.541 e. The van der Waals surface area contributed by atoms with Gasteiger partial charge in [0.25, 0.3) is 0 Å². The van der Waals surface area contributed by atoms with Crippen LogP contribution in [0.2, 0.25) is 0 Å². The number of carbonyl (C=O) groups excluding carboxylic acids is 1. The molecule has 0 N–H and O–H groups in total. The molecule has 0 spiro atoms. The molecule has 2 heteroatoms. The number of hydrogen-bond donors (Lipinski definition) is 0. The first-order valence-corrected chi connectivity index (χ1v) is 2.82. The molecule has 0 saturated carbocycles. The van der Waals surface area contributed by atoms with Crippen LogP contribution in [0.15, 0.2) is 30.3 Å². The van der Waals surface area contributed by atoms with E-state index in [0.29, 0.717) is 6.42 Å². The van der Waals surface area contributed by atoms with Gasteiger partial charge in [0.05, 0.1) is 0 Å². The maximum Gasteiger partial charge on any atom is 1.00 e. The molecule has 0 saturated heterocycles. The zero-order valence-electron chi connectivity index (χ0n) is 6.00. The molecule has 10 heavy (non-hydrogen) atoms. The molecule has 0 aliphatic heterocycles. The van der Waals surface area contributed by atoms with Gasteiger partial charge in [-0.1, -0.05) is 35.9 Å². The summed E-state index contributed by atoms with van der Waals surface area (Å²) in [7, 11) is 0. The quantitative estimate of drug-likeness (QED) is 0.342. The fourth-order valence-corrected chi connectivity index (χ4v) is 0.679. The summed E-state index contributed by atoms with van der Waals surface area (Å²) in [6.45, 7) is 0. The Kier molecular flexibility index (Phi) is 5.02. The van der Waals surface area contributed by atoms with Crippen molar-refractivity contribution in [2.24, 2.45) is 0 Å². The largest absolute Gasteiger partial charge is 1.00 e. The summed E-state index contributed by atoms with van der Waals surface area (Å²) in [5, 5.41) is 0. The minimum absolute atomic E-state index is 0. The normalized spacial score (nSPS) is 8.00. The molecule has 1 aromatic carbocycles. The Morgan fingerprint density at radius 2 is 1.80 bits per heavy atom. The first kappa shape index (κ1) is 9.49. The first-order valence-electron chi connectivity index (χ1n) is 2.82. The summed E-state index contributed by atoms with van der Waals surface area (Å²) in [6.07, 6.45) is 2.24. The van der Waals surface area contributed by atoms with E-state index in [4.69, 9.17) is 0 Å². The SMILES string of the molecule is O=[C-]Cc1ccccc1.[Li+]. The van der Waals surface area contributed by atoms with Gasteiger partial charge in [-0.3, -0.25) is 6.29 Å². The van der Waals surface area contributed by atoms with E-state index in [1.54, 1.807) is 0 Å². The number of benzene rings is 1. The molecule has 0 aliphatic rings. The van der Waals surface area contributed by atoms with Crippen LogP contribution < -0.4 is 18.9 Å². The molecule has 0 aliphatic carbocycles. The predicted molar refractivity (Wildman–Crippen MR) is 35.8 cm³/mol. The molecule has 0 atom stereocenters. The van der Waals surface area contributed by atoms with E-state index in [-0.39, 0.29) is 18.9 Å². The molecule has 0 heterocycles. The summed E-state index contributed by atoms with van der Waals surface area (Å²) in [6, 6.07) is 9.56. The van der Waals surface area contributed by atoms with Gasteiger partial charge in [0.15, 0.2) is 0 Å². The second kappa shape index (κ2) is 5.29. The topological polar surface area (TPSA) is 17.1 Å². The third-order valence-electron chi connectivity index (χ3n) is 1.12. The molecule has 0 fully saturated rings. The monoisotopic (exact) mass is 126 g/mol. The summed E-state index contributed by atoms with van der Waals surface area (Å²) in [4.78, 5) is 9.85. The van der Waals surface area contributed by atoms with Crippen LogP contribution in [0.5, 0.6) is 0 Å². The standard InChI is InChI=1S/C8H7O.Li/c9-7-6-8-4-2-1-3-5-8;/h1-5H,6H2;/q-1;+1. The minimum Gasteiger partial charge on any atom is -0.541 e. The summed E-state index contributed by atoms with van der Waals surface area (Å²) in [5.41, 5.74) is 1.02. The van der Waals surface area contributed by atoms with Crippen molar-refractivity contribution in [1.29, 1.82) is 0 Å². The number of hydrogen-bond acceptors (Lipinski definition) is 1. The van der Waals surface area contributed by atoms with Crippen molar-refractivity contribution in [3.05, 3.63) is 35.9 Å². The van der Waals surface area contributed by atoms with Gasteiger partial charge in [0.2, 0.25) is 0 Å². The van der Waals surface area contributed by atoms with Crippen molar-refractivity contribution in [1.82, 2.24) is 0 Å². The van der Waals surface area contributed by atoms with E-state index in [1.165, 1.54) is 0 Å². The van der Waals surface area contributed by atoms with Gasteiger partial charge in [-0.2, -0.15) is 0 Å². The van der Waals surface area contributed by atoms with Crippen LogP contribution in [0.25, 0.3) is 0 Å². The van der Waals surface area contributed by atoms with E-state index in [0.717, 1.165) is 5.56 Å². The van der Waals surface area contributed by atoms with Gasteiger partial charge >= 0.3 is 18.9 Å². The van der Waals surface area contributed by atoms with E-state index < -0.39 is 0 Å². The molecule has 0 aromatic heterocycles. The average molecular weight is 126 g/mol. The minimum atomic E-state index is 0. The van der Waals surface area contributed by atoms with Gasteiger partial charge in [-0.25, -0.2) is 0 Å². The zero-order chi connectivity index (χ0) is 6.53. The van der Waals surface area contributed by atoms with E-state index >= 15 is 0 Å². The van der Waals surface area contributed by atoms with Crippen LogP contribution in [0.4, 0.5) is 0 Å². The van der Waals surface area contributed by atoms with Gasteiger partial charge in [-0.15, -0.1) is 6.42 Å². The fraction of sp³-hybridized carbons (Fsp3) is 0.125. The third kappa shape index (κ3) is 2.87. The Bertz CT molecular complexity index is 184. The molecule has 46 valence electrons. The first-order chi connectivity index (χ1) is 4.43. The van der Waals surface area contributed by atoms with E-state index in [1.807, 2.05) is 36.6 Å². The molecule has 1 aromatic rings. The van der Waals surface area contributed by atoms with Crippen LogP contribution in [-0.2, 0) is 11.2 Å². The molecule has 1 nitrogen and oxygen atoms in total. The average Bonchev–Trinajstić information content (AvgIpc) is 1.91. The second-order valence-corrected chi connectivity index (χ2v) is 1.81. The second-order valence-electron chi connectivity index (χ2n) is 1.81. The van der Waals surface area contributed by atoms with Crippen LogP contribution in [0.1, 0.15) is 5.56 Å². The van der Waals surface area contributed by atoms with Crippen LogP contribution in [0, 0.1) is 0 Å². The van der Waals surface area contributed by atoms with Gasteiger partial charge in [0, 0.05) is 0 Å². The van der Waals surface area contributed by atoms with Crippen LogP contribution >= 0.6 is 0 Å². The number of rotatable bonds is 2. The van der Waals surface area contributed by atoms with Crippen molar-refractivity contribution in [2.75, 3.05) is 0 Å².